The van der Waals surface area contributed by atoms with E-state index in [0.717, 1.165) is 68.5 Å². The molecular formula is C30H36F3NO4. The van der Waals surface area contributed by atoms with Gasteiger partial charge in [-0.3, -0.25) is 9.69 Å². The number of alkyl halides is 3. The van der Waals surface area contributed by atoms with Gasteiger partial charge in [-0.05, 0) is 99.6 Å². The highest BCUT2D eigenvalue weighted by atomic mass is 19.4. The van der Waals surface area contributed by atoms with E-state index in [-0.39, 0.29) is 17.8 Å². The Bertz CT molecular complexity index is 1150. The number of hydrogen-bond donors (Lipinski definition) is 1. The SMILES string of the molecule is Cc1ccc(OC(F)(F)F)c(CN2CCC(C3CCc4ccc([C@H](C5CC5)[C@H](C)C(=O)O)cc4O3)CC2)c1. The number of hydrogen-bond acceptors (Lipinski definition) is 4. The van der Waals surface area contributed by atoms with Gasteiger partial charge < -0.3 is 14.6 Å². The van der Waals surface area contributed by atoms with E-state index in [1.165, 1.54) is 11.6 Å². The number of halogens is 3. The van der Waals surface area contributed by atoms with Gasteiger partial charge in [0, 0.05) is 12.1 Å². The van der Waals surface area contributed by atoms with Crippen LogP contribution in [0.2, 0.25) is 0 Å². The predicted molar refractivity (Wildman–Crippen MR) is 137 cm³/mol. The van der Waals surface area contributed by atoms with Crippen LogP contribution in [0.4, 0.5) is 13.2 Å². The van der Waals surface area contributed by atoms with Crippen molar-refractivity contribution < 1.29 is 32.5 Å². The Labute approximate surface area is 221 Å². The van der Waals surface area contributed by atoms with Gasteiger partial charge >= 0.3 is 12.3 Å². The quantitative estimate of drug-likeness (QED) is 0.410. The van der Waals surface area contributed by atoms with Crippen LogP contribution in [-0.2, 0) is 17.8 Å². The maximum absolute atomic E-state index is 12.9. The van der Waals surface area contributed by atoms with Gasteiger partial charge in [0.05, 0.1) is 5.92 Å². The van der Waals surface area contributed by atoms with E-state index >= 15 is 0 Å². The first-order valence-corrected chi connectivity index (χ1v) is 13.7. The van der Waals surface area contributed by atoms with Crippen LogP contribution < -0.4 is 9.47 Å². The third-order valence-corrected chi connectivity index (χ3v) is 8.50. The first kappa shape index (κ1) is 26.9. The Morgan fingerprint density at radius 3 is 2.50 bits per heavy atom. The molecule has 2 aliphatic heterocycles. The minimum atomic E-state index is -4.71. The molecule has 1 unspecified atom stereocenters. The van der Waals surface area contributed by atoms with Crippen molar-refractivity contribution in [3.63, 3.8) is 0 Å². The molecule has 3 aliphatic rings. The summed E-state index contributed by atoms with van der Waals surface area (Å²) in [6, 6.07) is 11.1. The van der Waals surface area contributed by atoms with Crippen LogP contribution in [0.1, 0.15) is 67.2 Å². The number of fused-ring (bicyclic) bond motifs is 1. The molecule has 1 saturated heterocycles. The molecule has 2 aromatic carbocycles. The van der Waals surface area contributed by atoms with E-state index < -0.39 is 18.2 Å². The molecule has 2 aromatic rings. The van der Waals surface area contributed by atoms with Crippen LogP contribution in [0.15, 0.2) is 36.4 Å². The maximum atomic E-state index is 12.9. The summed E-state index contributed by atoms with van der Waals surface area (Å²) in [6.07, 6.45) is 1.25. The van der Waals surface area contributed by atoms with Crippen LogP contribution >= 0.6 is 0 Å². The second-order valence-corrected chi connectivity index (χ2v) is 11.3. The molecule has 0 radical (unpaired) electrons. The number of carboxylic acids is 1. The summed E-state index contributed by atoms with van der Waals surface area (Å²) in [5, 5.41) is 9.64. The van der Waals surface area contributed by atoms with E-state index in [4.69, 9.17) is 4.74 Å². The summed E-state index contributed by atoms with van der Waals surface area (Å²) < 4.78 is 49.4. The number of piperidine rings is 1. The van der Waals surface area contributed by atoms with E-state index in [1.54, 1.807) is 19.1 Å². The van der Waals surface area contributed by atoms with Crippen LogP contribution in [-0.4, -0.2) is 41.5 Å². The van der Waals surface area contributed by atoms with E-state index in [1.807, 2.05) is 6.92 Å². The van der Waals surface area contributed by atoms with Gasteiger partial charge in [0.2, 0.25) is 0 Å². The monoisotopic (exact) mass is 531 g/mol. The van der Waals surface area contributed by atoms with Gasteiger partial charge in [0.1, 0.15) is 17.6 Å². The number of aryl methyl sites for hydroxylation is 2. The molecular weight excluding hydrogens is 495 g/mol. The van der Waals surface area contributed by atoms with Crippen LogP contribution in [0.25, 0.3) is 0 Å². The second-order valence-electron chi connectivity index (χ2n) is 11.3. The van der Waals surface area contributed by atoms with Crippen molar-refractivity contribution in [2.75, 3.05) is 13.1 Å². The molecule has 206 valence electrons. The summed E-state index contributed by atoms with van der Waals surface area (Å²) in [5.74, 6) is 0.389. The summed E-state index contributed by atoms with van der Waals surface area (Å²) in [5.41, 5.74) is 3.69. The molecule has 0 bridgehead atoms. The van der Waals surface area contributed by atoms with E-state index in [9.17, 15) is 23.1 Å². The summed E-state index contributed by atoms with van der Waals surface area (Å²) in [7, 11) is 0. The minimum absolute atomic E-state index is 0.0119. The van der Waals surface area contributed by atoms with Crippen molar-refractivity contribution in [2.24, 2.45) is 17.8 Å². The number of aliphatic carboxylic acids is 1. The highest BCUT2D eigenvalue weighted by Gasteiger charge is 2.39. The fourth-order valence-electron chi connectivity index (χ4n) is 6.30. The normalized spacial score (nSPS) is 22.3. The van der Waals surface area contributed by atoms with Crippen LogP contribution in [0.3, 0.4) is 0 Å². The number of ether oxygens (including phenoxy) is 2. The Balaban J connectivity index is 1.21. The Morgan fingerprint density at radius 1 is 1.11 bits per heavy atom. The minimum Gasteiger partial charge on any atom is -0.490 e. The first-order valence-electron chi connectivity index (χ1n) is 13.7. The molecule has 0 amide bonds. The van der Waals surface area contributed by atoms with Crippen molar-refractivity contribution in [3.05, 3.63) is 58.7 Å². The van der Waals surface area contributed by atoms with Crippen molar-refractivity contribution in [1.29, 1.82) is 0 Å². The number of rotatable bonds is 8. The summed E-state index contributed by atoms with van der Waals surface area (Å²) in [6.45, 7) is 5.67. The molecule has 0 aromatic heterocycles. The number of carboxylic acid groups (broad SMARTS) is 1. The maximum Gasteiger partial charge on any atom is 0.573 e. The summed E-state index contributed by atoms with van der Waals surface area (Å²) in [4.78, 5) is 13.9. The Hall–Kier alpha value is -2.74. The van der Waals surface area contributed by atoms with Crippen molar-refractivity contribution >= 4 is 5.97 Å². The molecule has 2 fully saturated rings. The van der Waals surface area contributed by atoms with Crippen LogP contribution in [0, 0.1) is 24.7 Å². The number of benzene rings is 2. The molecule has 5 nitrogen and oxygen atoms in total. The molecule has 2 heterocycles. The molecule has 5 rings (SSSR count). The smallest absolute Gasteiger partial charge is 0.490 e. The zero-order chi connectivity index (χ0) is 27.0. The molecule has 1 aliphatic carbocycles. The van der Waals surface area contributed by atoms with Crippen LogP contribution in [0.5, 0.6) is 11.5 Å². The standard InChI is InChI=1S/C30H36F3NO4/c1-18-3-9-26(38-30(31,32)33)24(15-18)17-34-13-11-21(12-14-34)25-10-8-20-4-7-23(16-27(20)37-25)28(22-5-6-22)19(2)29(35)36/h3-4,7,9,15-16,19,21-22,25,28H,5-6,8,10-14,17H2,1-2H3,(H,35,36)/t19-,25?,28-/m0/s1. The lowest BCUT2D eigenvalue weighted by molar-refractivity contribution is -0.275. The van der Waals surface area contributed by atoms with Gasteiger partial charge in [-0.1, -0.05) is 36.8 Å². The number of carbonyl (C=O) groups is 1. The van der Waals surface area contributed by atoms with E-state index in [2.05, 4.69) is 27.8 Å². The summed E-state index contributed by atoms with van der Waals surface area (Å²) >= 11 is 0. The fourth-order valence-corrected chi connectivity index (χ4v) is 6.30. The van der Waals surface area contributed by atoms with Gasteiger partial charge in [-0.15, -0.1) is 13.2 Å². The molecule has 1 N–H and O–H groups in total. The third kappa shape index (κ3) is 6.28. The van der Waals surface area contributed by atoms with Gasteiger partial charge in [0.25, 0.3) is 0 Å². The lowest BCUT2D eigenvalue weighted by Crippen LogP contribution is -2.40. The molecule has 0 spiro atoms. The van der Waals surface area contributed by atoms with E-state index in [0.29, 0.717) is 23.9 Å². The highest BCUT2D eigenvalue weighted by molar-refractivity contribution is 5.71. The Morgan fingerprint density at radius 2 is 1.84 bits per heavy atom. The van der Waals surface area contributed by atoms with Gasteiger partial charge in [-0.2, -0.15) is 0 Å². The molecule has 8 heteroatoms. The highest BCUT2D eigenvalue weighted by Crippen LogP contribution is 2.48. The second kappa shape index (κ2) is 10.8. The third-order valence-electron chi connectivity index (χ3n) is 8.50. The van der Waals surface area contributed by atoms with Gasteiger partial charge in [-0.25, -0.2) is 0 Å². The topological polar surface area (TPSA) is 59.0 Å². The zero-order valence-corrected chi connectivity index (χ0v) is 22.0. The lowest BCUT2D eigenvalue weighted by atomic mass is 9.81. The molecule has 3 atom stereocenters. The van der Waals surface area contributed by atoms with Gasteiger partial charge in [0.15, 0.2) is 0 Å². The molecule has 38 heavy (non-hydrogen) atoms. The average Bonchev–Trinajstić information content (AvgIpc) is 3.70. The first-order chi connectivity index (χ1) is 18.1. The average molecular weight is 532 g/mol. The van der Waals surface area contributed by atoms with Crippen molar-refractivity contribution in [1.82, 2.24) is 4.90 Å². The fraction of sp³-hybridized carbons (Fsp3) is 0.567. The zero-order valence-electron chi connectivity index (χ0n) is 22.0. The predicted octanol–water partition coefficient (Wildman–Crippen LogP) is 6.71. The molecule has 1 saturated carbocycles. The Kier molecular flexibility index (Phi) is 7.63. The number of likely N-dealkylation sites (tertiary alicyclic amines) is 1. The number of nitrogens with zero attached hydrogens (tertiary/aromatic N) is 1. The largest absolute Gasteiger partial charge is 0.573 e. The van der Waals surface area contributed by atoms with Crippen molar-refractivity contribution in [2.45, 2.75) is 77.3 Å². The lowest BCUT2D eigenvalue weighted by Gasteiger charge is -2.38. The van der Waals surface area contributed by atoms with Crippen molar-refractivity contribution in [3.8, 4) is 11.5 Å².